The van der Waals surface area contributed by atoms with E-state index in [2.05, 4.69) is 4.90 Å². The summed E-state index contributed by atoms with van der Waals surface area (Å²) >= 11 is 11.5. The second-order valence-electron chi connectivity index (χ2n) is 7.64. The molecular formula is C23H24Cl2N4O3. The van der Waals surface area contributed by atoms with Gasteiger partial charge in [0.2, 0.25) is 0 Å². The van der Waals surface area contributed by atoms with Gasteiger partial charge in [-0.2, -0.15) is 0 Å². The minimum absolute atomic E-state index is 0.150. The van der Waals surface area contributed by atoms with Crippen molar-refractivity contribution in [3.8, 4) is 11.4 Å². The normalized spacial score (nSPS) is 15.8. The number of carbonyl (C=O) groups excluding carboxylic acids is 1. The molecule has 0 spiro atoms. The van der Waals surface area contributed by atoms with Crippen molar-refractivity contribution in [2.75, 3.05) is 33.3 Å². The molecule has 1 aromatic heterocycles. The average Bonchev–Trinajstić information content (AvgIpc) is 2.83. The molecule has 1 amide bonds. The van der Waals surface area contributed by atoms with E-state index in [1.54, 1.807) is 22.6 Å². The van der Waals surface area contributed by atoms with E-state index in [9.17, 15) is 9.59 Å². The second kappa shape index (κ2) is 9.48. The van der Waals surface area contributed by atoms with E-state index in [-0.39, 0.29) is 17.5 Å². The Labute approximate surface area is 196 Å². The van der Waals surface area contributed by atoms with Gasteiger partial charge >= 0.3 is 0 Å². The third-order valence-corrected chi connectivity index (χ3v) is 6.24. The number of halogens is 2. The van der Waals surface area contributed by atoms with Gasteiger partial charge in [-0.3, -0.25) is 19.1 Å². The summed E-state index contributed by atoms with van der Waals surface area (Å²) < 4.78 is 7.18. The van der Waals surface area contributed by atoms with Crippen molar-refractivity contribution in [3.63, 3.8) is 0 Å². The maximum atomic E-state index is 13.6. The number of methoxy groups -OCH3 is 1. The number of alkyl halides is 2. The lowest BCUT2D eigenvalue weighted by molar-refractivity contribution is -0.131. The van der Waals surface area contributed by atoms with Crippen LogP contribution in [0, 0.1) is 0 Å². The van der Waals surface area contributed by atoms with Crippen LogP contribution in [0.2, 0.25) is 0 Å². The van der Waals surface area contributed by atoms with Gasteiger partial charge in [-0.1, -0.05) is 47.5 Å². The Morgan fingerprint density at radius 3 is 2.38 bits per heavy atom. The van der Waals surface area contributed by atoms with E-state index in [0.29, 0.717) is 54.3 Å². The topological polar surface area (TPSA) is 67.7 Å². The molecule has 1 unspecified atom stereocenters. The highest BCUT2D eigenvalue weighted by atomic mass is 35.5. The molecule has 2 aromatic carbocycles. The number of aromatic nitrogens is 2. The molecule has 2 heterocycles. The van der Waals surface area contributed by atoms with Crippen molar-refractivity contribution in [2.24, 2.45) is 0 Å². The summed E-state index contributed by atoms with van der Waals surface area (Å²) in [6.07, 6.45) is 0. The van der Waals surface area contributed by atoms with Gasteiger partial charge in [0.05, 0.1) is 29.7 Å². The predicted molar refractivity (Wildman–Crippen MR) is 126 cm³/mol. The number of ether oxygens (including phenoxy) is 1. The third kappa shape index (κ3) is 4.20. The Balaban J connectivity index is 1.77. The number of hydrogen-bond donors (Lipinski definition) is 0. The lowest BCUT2D eigenvalue weighted by Gasteiger charge is -2.38. The number of amides is 1. The molecule has 32 heavy (non-hydrogen) atoms. The number of piperazine rings is 1. The van der Waals surface area contributed by atoms with Crippen LogP contribution in [0.25, 0.3) is 16.6 Å². The van der Waals surface area contributed by atoms with Crippen molar-refractivity contribution in [3.05, 3.63) is 64.7 Å². The van der Waals surface area contributed by atoms with Crippen LogP contribution < -0.4 is 10.3 Å². The SMILES string of the molecule is COc1ccccc1-n1c(C(C)N2CCN(C(=O)C(Cl)Cl)CC2)nc2ccccc2c1=O. The van der Waals surface area contributed by atoms with E-state index >= 15 is 0 Å². The molecule has 1 fully saturated rings. The lowest BCUT2D eigenvalue weighted by Crippen LogP contribution is -2.51. The van der Waals surface area contributed by atoms with Crippen molar-refractivity contribution in [1.29, 1.82) is 0 Å². The third-order valence-electron chi connectivity index (χ3n) is 5.86. The zero-order valence-electron chi connectivity index (χ0n) is 17.9. The molecule has 7 nitrogen and oxygen atoms in total. The first-order valence-corrected chi connectivity index (χ1v) is 11.3. The van der Waals surface area contributed by atoms with Gasteiger partial charge in [0, 0.05) is 26.2 Å². The standard InChI is InChI=1S/C23H24Cl2N4O3/c1-15(27-11-13-28(14-12-27)23(31)20(24)25)21-26-17-8-4-3-7-16(17)22(30)29(21)18-9-5-6-10-19(18)32-2/h3-10,15,20H,11-14H2,1-2H3. The summed E-state index contributed by atoms with van der Waals surface area (Å²) in [6, 6.07) is 14.6. The van der Waals surface area contributed by atoms with Gasteiger partial charge in [0.1, 0.15) is 11.6 Å². The summed E-state index contributed by atoms with van der Waals surface area (Å²) in [6.45, 7) is 4.26. The zero-order chi connectivity index (χ0) is 22.8. The van der Waals surface area contributed by atoms with Gasteiger partial charge < -0.3 is 9.64 Å². The fourth-order valence-corrected chi connectivity index (χ4v) is 4.38. The zero-order valence-corrected chi connectivity index (χ0v) is 19.4. The van der Waals surface area contributed by atoms with Gasteiger partial charge in [0.15, 0.2) is 4.84 Å². The van der Waals surface area contributed by atoms with E-state index in [1.807, 2.05) is 49.4 Å². The first kappa shape index (κ1) is 22.6. The summed E-state index contributed by atoms with van der Waals surface area (Å²) in [5, 5.41) is 0.542. The molecule has 0 N–H and O–H groups in total. The van der Waals surface area contributed by atoms with Crippen LogP contribution in [-0.2, 0) is 4.79 Å². The molecule has 1 atom stereocenters. The van der Waals surface area contributed by atoms with Crippen LogP contribution in [0.3, 0.4) is 0 Å². The van der Waals surface area contributed by atoms with E-state index in [0.717, 1.165) is 0 Å². The Morgan fingerprint density at radius 1 is 1.03 bits per heavy atom. The highest BCUT2D eigenvalue weighted by Gasteiger charge is 2.30. The Kier molecular flexibility index (Phi) is 6.69. The summed E-state index contributed by atoms with van der Waals surface area (Å²) in [7, 11) is 1.58. The molecule has 0 saturated carbocycles. The highest BCUT2D eigenvalue weighted by Crippen LogP contribution is 2.28. The van der Waals surface area contributed by atoms with Crippen LogP contribution >= 0.6 is 23.2 Å². The molecule has 0 radical (unpaired) electrons. The maximum absolute atomic E-state index is 13.6. The van der Waals surface area contributed by atoms with Gasteiger partial charge in [-0.25, -0.2) is 4.98 Å². The molecule has 9 heteroatoms. The van der Waals surface area contributed by atoms with Crippen LogP contribution in [0.1, 0.15) is 18.8 Å². The van der Waals surface area contributed by atoms with Crippen LogP contribution in [-0.4, -0.2) is 63.4 Å². The first-order valence-electron chi connectivity index (χ1n) is 10.4. The summed E-state index contributed by atoms with van der Waals surface area (Å²) in [4.78, 5) is 33.4. The Hall–Kier alpha value is -2.61. The monoisotopic (exact) mass is 474 g/mol. The number of rotatable bonds is 5. The summed E-state index contributed by atoms with van der Waals surface area (Å²) in [5.41, 5.74) is 1.13. The molecular weight excluding hydrogens is 451 g/mol. The highest BCUT2D eigenvalue weighted by molar-refractivity contribution is 6.53. The van der Waals surface area contributed by atoms with Gasteiger partial charge in [-0.05, 0) is 31.2 Å². The van der Waals surface area contributed by atoms with Crippen molar-refractivity contribution >= 4 is 40.0 Å². The maximum Gasteiger partial charge on any atom is 0.266 e. The number of fused-ring (bicyclic) bond motifs is 1. The number of hydrogen-bond acceptors (Lipinski definition) is 5. The second-order valence-corrected chi connectivity index (χ2v) is 8.73. The Bertz CT molecular complexity index is 1190. The molecule has 1 aliphatic heterocycles. The largest absolute Gasteiger partial charge is 0.495 e. The quantitative estimate of drug-likeness (QED) is 0.530. The van der Waals surface area contributed by atoms with Crippen LogP contribution in [0.5, 0.6) is 5.75 Å². The van der Waals surface area contributed by atoms with Crippen molar-refractivity contribution < 1.29 is 9.53 Å². The predicted octanol–water partition coefficient (Wildman–Crippen LogP) is 3.40. The number of para-hydroxylation sites is 3. The molecule has 1 aliphatic rings. The smallest absolute Gasteiger partial charge is 0.266 e. The first-order chi connectivity index (χ1) is 15.4. The number of nitrogens with zero attached hydrogens (tertiary/aromatic N) is 4. The molecule has 0 bridgehead atoms. The fourth-order valence-electron chi connectivity index (χ4n) is 4.11. The molecule has 0 aliphatic carbocycles. The minimum Gasteiger partial charge on any atom is -0.495 e. The summed E-state index contributed by atoms with van der Waals surface area (Å²) in [5.74, 6) is 0.923. The van der Waals surface area contributed by atoms with Crippen LogP contribution in [0.4, 0.5) is 0 Å². The van der Waals surface area contributed by atoms with E-state index in [1.165, 1.54) is 0 Å². The Morgan fingerprint density at radius 2 is 1.69 bits per heavy atom. The van der Waals surface area contributed by atoms with Gasteiger partial charge in [-0.15, -0.1) is 0 Å². The van der Waals surface area contributed by atoms with E-state index in [4.69, 9.17) is 32.9 Å². The fraction of sp³-hybridized carbons (Fsp3) is 0.348. The minimum atomic E-state index is -1.06. The van der Waals surface area contributed by atoms with Crippen molar-refractivity contribution in [2.45, 2.75) is 17.8 Å². The lowest BCUT2D eigenvalue weighted by atomic mass is 10.1. The molecule has 168 valence electrons. The average molecular weight is 475 g/mol. The molecule has 4 rings (SSSR count). The van der Waals surface area contributed by atoms with E-state index < -0.39 is 4.84 Å². The number of carbonyl (C=O) groups is 1. The van der Waals surface area contributed by atoms with Crippen LogP contribution in [0.15, 0.2) is 53.3 Å². The van der Waals surface area contributed by atoms with Gasteiger partial charge in [0.25, 0.3) is 11.5 Å². The van der Waals surface area contributed by atoms with Crippen molar-refractivity contribution in [1.82, 2.24) is 19.4 Å². The molecule has 1 saturated heterocycles. The molecule has 3 aromatic rings. The number of benzene rings is 2.